The van der Waals surface area contributed by atoms with Crippen molar-refractivity contribution < 1.29 is 8.42 Å². The van der Waals surface area contributed by atoms with Gasteiger partial charge in [0.15, 0.2) is 0 Å². The molecule has 1 aromatic carbocycles. The second-order valence-corrected chi connectivity index (χ2v) is 7.78. The molecule has 0 saturated heterocycles. The van der Waals surface area contributed by atoms with E-state index in [-0.39, 0.29) is 17.2 Å². The van der Waals surface area contributed by atoms with Crippen LogP contribution in [0, 0.1) is 5.41 Å². The molecule has 19 heavy (non-hydrogen) atoms. The van der Waals surface area contributed by atoms with Gasteiger partial charge in [0, 0.05) is 11.7 Å². The van der Waals surface area contributed by atoms with Crippen LogP contribution in [0.4, 0.5) is 5.69 Å². The van der Waals surface area contributed by atoms with Gasteiger partial charge in [0.25, 0.3) is 0 Å². The van der Waals surface area contributed by atoms with Crippen LogP contribution in [0.3, 0.4) is 0 Å². The minimum atomic E-state index is -3.30. The predicted molar refractivity (Wildman–Crippen MR) is 80.8 cm³/mol. The summed E-state index contributed by atoms with van der Waals surface area (Å²) < 4.78 is 26.5. The van der Waals surface area contributed by atoms with Crippen molar-refractivity contribution in [3.05, 3.63) is 29.8 Å². The Kier molecular flexibility index (Phi) is 4.98. The SMILES string of the molecule is CNC(C)c1ccc(NS(=O)(=O)CC(C)(C)C)cc1. The van der Waals surface area contributed by atoms with Crippen molar-refractivity contribution in [3.63, 3.8) is 0 Å². The van der Waals surface area contributed by atoms with Gasteiger partial charge in [-0.05, 0) is 37.1 Å². The average molecular weight is 284 g/mol. The van der Waals surface area contributed by atoms with Gasteiger partial charge < -0.3 is 5.32 Å². The summed E-state index contributed by atoms with van der Waals surface area (Å²) >= 11 is 0. The molecule has 1 rings (SSSR count). The maximum Gasteiger partial charge on any atom is 0.233 e. The van der Waals surface area contributed by atoms with Gasteiger partial charge in [0.05, 0.1) is 5.75 Å². The van der Waals surface area contributed by atoms with E-state index in [9.17, 15) is 8.42 Å². The molecule has 0 radical (unpaired) electrons. The first-order valence-electron chi connectivity index (χ1n) is 6.41. The molecule has 0 aromatic heterocycles. The molecule has 0 saturated carbocycles. The predicted octanol–water partition coefficient (Wildman–Crippen LogP) is 2.75. The molecule has 2 N–H and O–H groups in total. The standard InChI is InChI=1S/C14H24N2O2S/c1-11(15-5)12-6-8-13(9-7-12)16-19(17,18)10-14(2,3)4/h6-9,11,15-16H,10H2,1-5H3. The summed E-state index contributed by atoms with van der Waals surface area (Å²) in [5.41, 5.74) is 1.48. The van der Waals surface area contributed by atoms with Crippen molar-refractivity contribution >= 4 is 15.7 Å². The molecule has 0 amide bonds. The molecule has 0 spiro atoms. The highest BCUT2D eigenvalue weighted by Gasteiger charge is 2.21. The highest BCUT2D eigenvalue weighted by atomic mass is 32.2. The molecule has 0 heterocycles. The first-order chi connectivity index (χ1) is 8.63. The lowest BCUT2D eigenvalue weighted by atomic mass is 10.0. The van der Waals surface area contributed by atoms with Crippen molar-refractivity contribution in [2.24, 2.45) is 5.41 Å². The van der Waals surface area contributed by atoms with Gasteiger partial charge in [-0.2, -0.15) is 0 Å². The van der Waals surface area contributed by atoms with Crippen LogP contribution in [0.2, 0.25) is 0 Å². The molecule has 5 heteroatoms. The largest absolute Gasteiger partial charge is 0.313 e. The van der Waals surface area contributed by atoms with Gasteiger partial charge in [0.1, 0.15) is 0 Å². The van der Waals surface area contributed by atoms with E-state index in [1.54, 1.807) is 12.1 Å². The van der Waals surface area contributed by atoms with E-state index in [1.807, 2.05) is 40.0 Å². The lowest BCUT2D eigenvalue weighted by Gasteiger charge is -2.19. The molecule has 0 aliphatic rings. The quantitative estimate of drug-likeness (QED) is 0.874. The fraction of sp³-hybridized carbons (Fsp3) is 0.571. The third kappa shape index (κ3) is 5.61. The normalized spacial score (nSPS) is 14.2. The smallest absolute Gasteiger partial charge is 0.233 e. The van der Waals surface area contributed by atoms with Gasteiger partial charge in [0.2, 0.25) is 10.0 Å². The summed E-state index contributed by atoms with van der Waals surface area (Å²) in [6.45, 7) is 7.77. The van der Waals surface area contributed by atoms with Crippen molar-refractivity contribution in [1.29, 1.82) is 0 Å². The van der Waals surface area contributed by atoms with E-state index in [1.165, 1.54) is 0 Å². The summed E-state index contributed by atoms with van der Waals surface area (Å²) in [5, 5.41) is 3.14. The molecule has 4 nitrogen and oxygen atoms in total. The van der Waals surface area contributed by atoms with Crippen LogP contribution < -0.4 is 10.0 Å². The zero-order chi connectivity index (χ0) is 14.7. The van der Waals surface area contributed by atoms with Crippen LogP contribution in [0.25, 0.3) is 0 Å². The molecule has 1 aromatic rings. The minimum Gasteiger partial charge on any atom is -0.313 e. The Morgan fingerprint density at radius 3 is 2.11 bits per heavy atom. The number of hydrogen-bond acceptors (Lipinski definition) is 3. The number of anilines is 1. The number of hydrogen-bond donors (Lipinski definition) is 2. The van der Waals surface area contributed by atoms with E-state index in [2.05, 4.69) is 17.0 Å². The molecular formula is C14H24N2O2S. The number of nitrogens with one attached hydrogen (secondary N) is 2. The maximum absolute atomic E-state index is 12.0. The van der Waals surface area contributed by atoms with Crippen molar-refractivity contribution in [2.45, 2.75) is 33.7 Å². The molecule has 0 aliphatic carbocycles. The lowest BCUT2D eigenvalue weighted by molar-refractivity contribution is 0.463. The second kappa shape index (κ2) is 5.92. The summed E-state index contributed by atoms with van der Waals surface area (Å²) in [5.74, 6) is 0.106. The fourth-order valence-electron chi connectivity index (χ4n) is 1.79. The number of benzene rings is 1. The van der Waals surface area contributed by atoms with Gasteiger partial charge in [-0.25, -0.2) is 8.42 Å². The molecule has 0 fully saturated rings. The Labute approximate surface area is 116 Å². The van der Waals surface area contributed by atoms with Crippen molar-refractivity contribution in [3.8, 4) is 0 Å². The monoisotopic (exact) mass is 284 g/mol. The van der Waals surface area contributed by atoms with Crippen LogP contribution in [-0.2, 0) is 10.0 Å². The van der Waals surface area contributed by atoms with Gasteiger partial charge in [-0.3, -0.25) is 4.72 Å². The zero-order valence-corrected chi connectivity index (χ0v) is 13.1. The first-order valence-corrected chi connectivity index (χ1v) is 8.06. The Bertz CT molecular complexity index is 501. The van der Waals surface area contributed by atoms with E-state index in [0.717, 1.165) is 5.56 Å². The summed E-state index contributed by atoms with van der Waals surface area (Å²) in [7, 11) is -1.40. The topological polar surface area (TPSA) is 58.2 Å². The molecule has 1 atom stereocenters. The fourth-order valence-corrected chi connectivity index (χ4v) is 3.50. The van der Waals surface area contributed by atoms with Crippen LogP contribution in [0.15, 0.2) is 24.3 Å². The molecule has 0 aliphatic heterocycles. The lowest BCUT2D eigenvalue weighted by Crippen LogP contribution is -2.26. The molecule has 108 valence electrons. The third-order valence-electron chi connectivity index (χ3n) is 2.74. The number of rotatable bonds is 5. The Morgan fingerprint density at radius 2 is 1.68 bits per heavy atom. The highest BCUT2D eigenvalue weighted by molar-refractivity contribution is 7.92. The first kappa shape index (κ1) is 16.0. The third-order valence-corrected chi connectivity index (χ3v) is 4.53. The summed E-state index contributed by atoms with van der Waals surface area (Å²) in [4.78, 5) is 0. The van der Waals surface area contributed by atoms with E-state index < -0.39 is 10.0 Å². The van der Waals surface area contributed by atoms with Crippen LogP contribution in [0.1, 0.15) is 39.3 Å². The van der Waals surface area contributed by atoms with Crippen LogP contribution in [-0.4, -0.2) is 21.2 Å². The minimum absolute atomic E-state index is 0.106. The van der Waals surface area contributed by atoms with E-state index in [0.29, 0.717) is 5.69 Å². The van der Waals surface area contributed by atoms with E-state index in [4.69, 9.17) is 0 Å². The Hall–Kier alpha value is -1.07. The Balaban J connectivity index is 2.78. The average Bonchev–Trinajstić information content (AvgIpc) is 2.25. The van der Waals surface area contributed by atoms with Gasteiger partial charge >= 0.3 is 0 Å². The molecular weight excluding hydrogens is 260 g/mol. The van der Waals surface area contributed by atoms with Gasteiger partial charge in [-0.1, -0.05) is 32.9 Å². The summed E-state index contributed by atoms with van der Waals surface area (Å²) in [6, 6.07) is 7.69. The van der Waals surface area contributed by atoms with Crippen LogP contribution >= 0.6 is 0 Å². The van der Waals surface area contributed by atoms with Crippen molar-refractivity contribution in [2.75, 3.05) is 17.5 Å². The van der Waals surface area contributed by atoms with Crippen LogP contribution in [0.5, 0.6) is 0 Å². The zero-order valence-electron chi connectivity index (χ0n) is 12.3. The van der Waals surface area contributed by atoms with Gasteiger partial charge in [-0.15, -0.1) is 0 Å². The Morgan fingerprint density at radius 1 is 1.16 bits per heavy atom. The van der Waals surface area contributed by atoms with E-state index >= 15 is 0 Å². The number of sulfonamides is 1. The molecule has 0 bridgehead atoms. The molecule has 1 unspecified atom stereocenters. The highest BCUT2D eigenvalue weighted by Crippen LogP contribution is 2.20. The maximum atomic E-state index is 12.0. The van der Waals surface area contributed by atoms with Crippen molar-refractivity contribution in [1.82, 2.24) is 5.32 Å². The second-order valence-electron chi connectivity index (χ2n) is 6.05. The summed E-state index contributed by atoms with van der Waals surface area (Å²) in [6.07, 6.45) is 0.